The van der Waals surface area contributed by atoms with Crippen LogP contribution in [0.25, 0.3) is 0 Å². The van der Waals surface area contributed by atoms with E-state index < -0.39 is 6.29 Å². The summed E-state index contributed by atoms with van der Waals surface area (Å²) in [6.07, 6.45) is 7.96. The minimum atomic E-state index is -0.775. The van der Waals surface area contributed by atoms with Gasteiger partial charge in [-0.25, -0.2) is 5.11 Å². The quantitative estimate of drug-likeness (QED) is 0.389. The predicted molar refractivity (Wildman–Crippen MR) is 58.7 cm³/mol. The molecule has 0 amide bonds. The molecule has 1 unspecified atom stereocenters. The number of unbranched alkanes of at least 4 members (excludes halogenated alkanes) is 5. The molecule has 1 atom stereocenters. The van der Waals surface area contributed by atoms with Crippen molar-refractivity contribution in [2.45, 2.75) is 71.5 Å². The van der Waals surface area contributed by atoms with Gasteiger partial charge < -0.3 is 4.74 Å². The summed E-state index contributed by atoms with van der Waals surface area (Å²) in [6.45, 7) is 4.98. The first kappa shape index (κ1) is 13.9. The molecule has 2 heteroatoms. The van der Waals surface area contributed by atoms with Crippen molar-refractivity contribution in [2.75, 3.05) is 6.61 Å². The molecule has 2 nitrogen and oxygen atoms in total. The van der Waals surface area contributed by atoms with Gasteiger partial charge in [0.05, 0.1) is 0 Å². The second-order valence-electron chi connectivity index (χ2n) is 3.86. The Labute approximate surface area is 88.7 Å². The first-order chi connectivity index (χ1) is 6.81. The summed E-state index contributed by atoms with van der Waals surface area (Å²) in [6, 6.07) is 0. The van der Waals surface area contributed by atoms with Gasteiger partial charge in [0.15, 0.2) is 6.29 Å². The van der Waals surface area contributed by atoms with Crippen molar-refractivity contribution in [2.24, 2.45) is 0 Å². The highest BCUT2D eigenvalue weighted by molar-refractivity contribution is 4.45. The molecule has 0 fully saturated rings. The molecule has 0 aromatic carbocycles. The zero-order valence-corrected chi connectivity index (χ0v) is 9.76. The number of hydrogen-bond acceptors (Lipinski definition) is 1. The molecule has 0 aliphatic carbocycles. The maximum Gasteiger partial charge on any atom is 0.191 e. The Kier molecular flexibility index (Phi) is 10.9. The third kappa shape index (κ3) is 10.0. The zero-order valence-electron chi connectivity index (χ0n) is 9.76. The van der Waals surface area contributed by atoms with Crippen LogP contribution in [0.15, 0.2) is 0 Å². The van der Waals surface area contributed by atoms with Crippen LogP contribution in [0.5, 0.6) is 0 Å². The third-order valence-corrected chi connectivity index (χ3v) is 2.35. The van der Waals surface area contributed by atoms with Crippen molar-refractivity contribution in [3.8, 4) is 0 Å². The minimum Gasteiger partial charge on any atom is -0.350 e. The Hall–Kier alpha value is -0.0800. The highest BCUT2D eigenvalue weighted by Gasteiger charge is 2.04. The van der Waals surface area contributed by atoms with Crippen LogP contribution in [-0.2, 0) is 9.84 Å². The molecule has 85 valence electrons. The summed E-state index contributed by atoms with van der Waals surface area (Å²) < 4.78 is 5.18. The molecule has 0 aromatic heterocycles. The van der Waals surface area contributed by atoms with Crippen LogP contribution in [0, 0.1) is 0 Å². The van der Waals surface area contributed by atoms with Gasteiger partial charge in [0, 0.05) is 13.0 Å². The first-order valence-corrected chi connectivity index (χ1v) is 6.08. The molecule has 0 saturated heterocycles. The van der Waals surface area contributed by atoms with Crippen molar-refractivity contribution >= 4 is 0 Å². The monoisotopic (exact) mass is 201 g/mol. The van der Waals surface area contributed by atoms with Crippen LogP contribution in [0.3, 0.4) is 0 Å². The summed E-state index contributed by atoms with van der Waals surface area (Å²) in [5.74, 6) is 0. The largest absolute Gasteiger partial charge is 0.350 e. The molecular weight excluding hydrogens is 176 g/mol. The maximum atomic E-state index is 11.2. The van der Waals surface area contributed by atoms with Gasteiger partial charge in [-0.3, -0.25) is 0 Å². The number of ether oxygens (including phenoxy) is 1. The molecule has 0 spiro atoms. The highest BCUT2D eigenvalue weighted by atomic mass is 16.6. The summed E-state index contributed by atoms with van der Waals surface area (Å²) >= 11 is 0. The van der Waals surface area contributed by atoms with Gasteiger partial charge in [-0.1, -0.05) is 46.0 Å². The lowest BCUT2D eigenvalue weighted by Crippen LogP contribution is -2.10. The average Bonchev–Trinajstić information content (AvgIpc) is 2.18. The molecule has 0 rings (SSSR count). The molecule has 0 aromatic rings. The fraction of sp³-hybridized carbons (Fsp3) is 1.00. The average molecular weight is 201 g/mol. The van der Waals surface area contributed by atoms with E-state index in [9.17, 15) is 5.11 Å². The smallest absolute Gasteiger partial charge is 0.191 e. The van der Waals surface area contributed by atoms with Gasteiger partial charge in [0.2, 0.25) is 0 Å². The Balaban J connectivity index is 3.06. The normalized spacial score (nSPS) is 13.1. The molecule has 0 bridgehead atoms. The van der Waals surface area contributed by atoms with E-state index >= 15 is 0 Å². The lowest BCUT2D eigenvalue weighted by Gasteiger charge is -2.09. The Morgan fingerprint density at radius 2 is 1.57 bits per heavy atom. The van der Waals surface area contributed by atoms with Crippen LogP contribution in [0.4, 0.5) is 0 Å². The van der Waals surface area contributed by atoms with Crippen molar-refractivity contribution in [3.63, 3.8) is 0 Å². The molecule has 0 N–H and O–H groups in total. The van der Waals surface area contributed by atoms with E-state index in [0.717, 1.165) is 19.3 Å². The Morgan fingerprint density at radius 1 is 0.929 bits per heavy atom. The van der Waals surface area contributed by atoms with Crippen LogP contribution in [0.2, 0.25) is 0 Å². The van der Waals surface area contributed by atoms with E-state index in [1.807, 2.05) is 0 Å². The lowest BCUT2D eigenvalue weighted by atomic mass is 10.2. The molecule has 14 heavy (non-hydrogen) atoms. The standard InChI is InChI=1S/C12H25O2/c1-3-5-7-9-11-14-12(13)10-8-6-4-2/h12H,3-11H2,1-2H3. The summed E-state index contributed by atoms with van der Waals surface area (Å²) in [7, 11) is 0. The topological polar surface area (TPSA) is 29.1 Å². The van der Waals surface area contributed by atoms with Gasteiger partial charge in [-0.15, -0.1) is 0 Å². The van der Waals surface area contributed by atoms with Crippen LogP contribution >= 0.6 is 0 Å². The fourth-order valence-corrected chi connectivity index (χ4v) is 1.39. The van der Waals surface area contributed by atoms with Crippen molar-refractivity contribution in [1.29, 1.82) is 0 Å². The molecule has 0 saturated carbocycles. The van der Waals surface area contributed by atoms with Crippen LogP contribution in [0.1, 0.15) is 65.2 Å². The van der Waals surface area contributed by atoms with Gasteiger partial charge >= 0.3 is 0 Å². The highest BCUT2D eigenvalue weighted by Crippen LogP contribution is 2.06. The zero-order chi connectivity index (χ0) is 10.6. The second-order valence-corrected chi connectivity index (χ2v) is 3.86. The molecule has 0 aliphatic rings. The van der Waals surface area contributed by atoms with E-state index in [1.165, 1.54) is 25.7 Å². The van der Waals surface area contributed by atoms with E-state index in [4.69, 9.17) is 4.74 Å². The summed E-state index contributed by atoms with van der Waals surface area (Å²) in [5.41, 5.74) is 0. The van der Waals surface area contributed by atoms with Crippen LogP contribution in [-0.4, -0.2) is 12.9 Å². The van der Waals surface area contributed by atoms with E-state index in [-0.39, 0.29) is 0 Å². The van der Waals surface area contributed by atoms with Crippen molar-refractivity contribution in [3.05, 3.63) is 0 Å². The SMILES string of the molecule is CCCCCCOC([O])CCCCC. The van der Waals surface area contributed by atoms with Gasteiger partial charge in [0.25, 0.3) is 0 Å². The summed E-state index contributed by atoms with van der Waals surface area (Å²) in [5, 5.41) is 11.2. The van der Waals surface area contributed by atoms with Crippen LogP contribution < -0.4 is 0 Å². The first-order valence-electron chi connectivity index (χ1n) is 6.08. The molecule has 0 heterocycles. The minimum absolute atomic E-state index is 0.653. The van der Waals surface area contributed by atoms with E-state index in [0.29, 0.717) is 13.0 Å². The summed E-state index contributed by atoms with van der Waals surface area (Å²) in [4.78, 5) is 0. The third-order valence-electron chi connectivity index (χ3n) is 2.35. The molecule has 0 aliphatic heterocycles. The van der Waals surface area contributed by atoms with E-state index in [1.54, 1.807) is 0 Å². The van der Waals surface area contributed by atoms with Gasteiger partial charge in [0.1, 0.15) is 0 Å². The molecule has 1 radical (unpaired) electrons. The maximum absolute atomic E-state index is 11.2. The van der Waals surface area contributed by atoms with Crippen molar-refractivity contribution in [1.82, 2.24) is 0 Å². The molecular formula is C12H25O2. The predicted octanol–water partition coefficient (Wildman–Crippen LogP) is 3.92. The Bertz CT molecular complexity index is 104. The second kappa shape index (κ2) is 11.0. The Morgan fingerprint density at radius 3 is 2.21 bits per heavy atom. The number of hydrogen-bond donors (Lipinski definition) is 0. The van der Waals surface area contributed by atoms with Gasteiger partial charge in [-0.2, -0.15) is 0 Å². The van der Waals surface area contributed by atoms with E-state index in [2.05, 4.69) is 13.8 Å². The number of rotatable bonds is 10. The lowest BCUT2D eigenvalue weighted by molar-refractivity contribution is -0.144. The van der Waals surface area contributed by atoms with Crippen molar-refractivity contribution < 1.29 is 9.84 Å². The van der Waals surface area contributed by atoms with Gasteiger partial charge in [-0.05, 0) is 12.8 Å². The fourth-order valence-electron chi connectivity index (χ4n) is 1.39.